The fourth-order valence-corrected chi connectivity index (χ4v) is 13.6. The van der Waals surface area contributed by atoms with E-state index in [1.54, 1.807) is 65.7 Å². The SMILES string of the molecule is C/C=C1\C[C@H]2C=Nc3cc(O)c(OC)cc3C(=O)N2C1.C/C=C1\C[C@H]2C=Nc3cc(OCc4cc(OCCCC(=O)OC)cc(COc5cc6c(cc5OC)C(=O)N5C/C(=C/C)C[C@H]5C=N6)n4)c(OC)cc3C(=O)N2C1.COC(=O)CCCOc1cc(CO)nc(CO)c1.COC(=O)CCCOc1cc(COS(C)(=O)=O)nc(COS(C)(=O)=O)c1. The van der Waals surface area contributed by atoms with Crippen LogP contribution in [-0.4, -0.2) is 229 Å². The number of hydrogen-bond acceptors (Lipinski definition) is 32. The highest BCUT2D eigenvalue weighted by Crippen LogP contribution is 2.43. The number of aromatic nitrogens is 3. The van der Waals surface area contributed by atoms with Crippen LogP contribution in [0.3, 0.4) is 0 Å². The molecule has 3 aromatic heterocycles. The van der Waals surface area contributed by atoms with E-state index in [1.807, 2.05) is 61.2 Å². The minimum absolute atomic E-state index is 0.00534. The Morgan fingerprint density at radius 1 is 0.417 bits per heavy atom. The van der Waals surface area contributed by atoms with Crippen LogP contribution in [0.15, 0.2) is 123 Å². The van der Waals surface area contributed by atoms with E-state index in [-0.39, 0.29) is 142 Å². The minimum Gasteiger partial charge on any atom is -0.504 e. The Labute approximate surface area is 695 Å². The van der Waals surface area contributed by atoms with Gasteiger partial charge in [0.1, 0.15) is 43.7 Å². The standard InChI is InChI=1S/C42H45N5O9.C15H16N2O3.C14H21NO9S2.C12H17NO5/c1-6-25-11-29-19-43-34-17-38(36(51-3)15-32(34)41(49)46(29)21-25)55-23-27-13-31(54-10-8-9-40(48)53-5)14-28(45-27)24-56-39-18-35-33(16-37(39)52-4)42(50)47-22-26(7-2)12-30(47)20-44-35;1-3-9-4-10-7-16-12-6-13(18)14(20-2)5-11(12)15(19)17(10)8-9;1-21-14(16)5-4-6-22-13-7-11(9-23-25(2,17)18)15-12(8-13)10-24-26(3,19)20;1-17-12(16)3-2-4-18-11-5-9(7-14)13-10(6-11)8-15/h6-7,13-20,29-30H,8-12,21-24H2,1-5H3;3,5-7,10,18H,4,8H2,1-2H3;7-8H,4-6,9-10H2,1-3H3;5-6,14-15H,2-4,7-8H2,1H3/b25-6+,26-7+;9-3+;;/t29-,30-;10-;;/m00../s1. The summed E-state index contributed by atoms with van der Waals surface area (Å²) < 4.78 is 113. The van der Waals surface area contributed by atoms with Crippen molar-refractivity contribution >= 4 is 91.6 Å². The zero-order valence-corrected chi connectivity index (χ0v) is 70.2. The van der Waals surface area contributed by atoms with Crippen molar-refractivity contribution in [1.29, 1.82) is 0 Å². The number of aromatic hydroxyl groups is 1. The van der Waals surface area contributed by atoms with Crippen LogP contribution in [0.1, 0.15) is 144 Å². The minimum atomic E-state index is -3.68. The summed E-state index contributed by atoms with van der Waals surface area (Å²) in [6.07, 6.45) is 17.8. The molecule has 3 aromatic carbocycles. The molecular weight excluding hydrogens is 1600 g/mol. The third kappa shape index (κ3) is 26.1. The summed E-state index contributed by atoms with van der Waals surface area (Å²) in [5.74, 6) is 1.90. The lowest BCUT2D eigenvalue weighted by Crippen LogP contribution is -2.35. The number of aliphatic hydroxyl groups is 2. The number of methoxy groups -OCH3 is 6. The van der Waals surface area contributed by atoms with Gasteiger partial charge in [-0.3, -0.25) is 67.1 Å². The number of nitrogens with zero attached hydrogens (tertiary/aromatic N) is 9. The number of allylic oxidation sites excluding steroid dienone is 3. The molecule has 3 N–H and O–H groups in total. The summed E-state index contributed by atoms with van der Waals surface area (Å²) in [6.45, 7) is 7.44. The second kappa shape index (κ2) is 43.7. The van der Waals surface area contributed by atoms with E-state index < -0.39 is 20.2 Å². The van der Waals surface area contributed by atoms with Gasteiger partial charge in [0.25, 0.3) is 38.0 Å². The van der Waals surface area contributed by atoms with Gasteiger partial charge in [-0.2, -0.15) is 16.8 Å². The molecule has 3 atom stereocenters. The van der Waals surface area contributed by atoms with E-state index in [0.717, 1.165) is 31.8 Å². The first-order chi connectivity index (χ1) is 57.5. The molecule has 6 aliphatic heterocycles. The number of pyridine rings is 3. The van der Waals surface area contributed by atoms with E-state index in [1.165, 1.54) is 77.6 Å². The lowest BCUT2D eigenvalue weighted by molar-refractivity contribution is -0.141. The number of phenols is 1. The Bertz CT molecular complexity index is 4930. The topological polar surface area (TPSA) is 437 Å². The van der Waals surface area contributed by atoms with Crippen molar-refractivity contribution in [3.8, 4) is 51.7 Å². The number of aliphatic imine (C=N–C) groups is 3. The number of rotatable bonds is 32. The van der Waals surface area contributed by atoms with Crippen molar-refractivity contribution in [2.45, 2.75) is 136 Å². The van der Waals surface area contributed by atoms with Gasteiger partial charge < -0.3 is 82.1 Å². The second-order valence-corrected chi connectivity index (χ2v) is 30.9. The summed E-state index contributed by atoms with van der Waals surface area (Å²) in [6, 6.07) is 19.2. The van der Waals surface area contributed by atoms with Gasteiger partial charge in [0.15, 0.2) is 34.5 Å². The molecule has 37 heteroatoms. The van der Waals surface area contributed by atoms with Crippen molar-refractivity contribution in [3.63, 3.8) is 0 Å². The van der Waals surface area contributed by atoms with Gasteiger partial charge in [-0.05, 0) is 77.5 Å². The number of hydrogen-bond donors (Lipinski definition) is 3. The lowest BCUT2D eigenvalue weighted by Gasteiger charge is -2.20. The van der Waals surface area contributed by atoms with Gasteiger partial charge in [0.2, 0.25) is 0 Å². The number of phenolic OH excluding ortho intramolecular Hbond substituents is 1. The first kappa shape index (κ1) is 92.0. The first-order valence-corrected chi connectivity index (χ1v) is 41.7. The Hall–Kier alpha value is -11.9. The number of fused-ring (bicyclic) bond motifs is 6. The van der Waals surface area contributed by atoms with Crippen molar-refractivity contribution in [2.24, 2.45) is 15.0 Å². The number of ether oxygens (including phenoxy) is 11. The van der Waals surface area contributed by atoms with Crippen LogP contribution < -0.4 is 37.9 Å². The summed E-state index contributed by atoms with van der Waals surface area (Å²) in [7, 11) is 1.13. The van der Waals surface area contributed by atoms with E-state index in [4.69, 9.17) is 57.8 Å². The zero-order valence-electron chi connectivity index (χ0n) is 68.5. The highest BCUT2D eigenvalue weighted by molar-refractivity contribution is 7.86. The van der Waals surface area contributed by atoms with E-state index >= 15 is 0 Å². The molecule has 0 radical (unpaired) electrons. The largest absolute Gasteiger partial charge is 0.504 e. The molecule has 3 fully saturated rings. The summed E-state index contributed by atoms with van der Waals surface area (Å²) in [5, 5.41) is 27.8. The highest BCUT2D eigenvalue weighted by Gasteiger charge is 2.38. The maximum atomic E-state index is 13.6. The Kier molecular flexibility index (Phi) is 33.5. The van der Waals surface area contributed by atoms with Crippen molar-refractivity contribution in [1.82, 2.24) is 29.7 Å². The smallest absolute Gasteiger partial charge is 0.305 e. The van der Waals surface area contributed by atoms with Crippen molar-refractivity contribution < 1.29 is 121 Å². The molecule has 0 bridgehead atoms. The molecule has 6 aliphatic rings. The molecule has 0 unspecified atom stereocenters. The second-order valence-electron chi connectivity index (χ2n) is 27.6. The van der Waals surface area contributed by atoms with E-state index in [9.17, 15) is 50.7 Å². The molecule has 12 rings (SSSR count). The third-order valence-electron chi connectivity index (χ3n) is 19.1. The van der Waals surface area contributed by atoms with Crippen LogP contribution in [0.2, 0.25) is 0 Å². The molecule has 0 spiro atoms. The monoisotopic (exact) mass is 1700 g/mol. The molecule has 0 aliphatic carbocycles. The molecule has 0 saturated carbocycles. The summed E-state index contributed by atoms with van der Waals surface area (Å²) >= 11 is 0. The van der Waals surface area contributed by atoms with Gasteiger partial charge in [-0.15, -0.1) is 0 Å². The molecule has 3 amide bonds. The van der Waals surface area contributed by atoms with Crippen molar-refractivity contribution in [2.75, 3.05) is 94.6 Å². The van der Waals surface area contributed by atoms with Gasteiger partial charge in [-0.25, -0.2) is 0 Å². The van der Waals surface area contributed by atoms with Crippen molar-refractivity contribution in [3.05, 3.63) is 159 Å². The van der Waals surface area contributed by atoms with E-state index in [0.29, 0.717) is 149 Å². The van der Waals surface area contributed by atoms with Crippen LogP contribution >= 0.6 is 0 Å². The normalized spacial score (nSPS) is 17.0. The molecule has 120 heavy (non-hydrogen) atoms. The number of benzene rings is 3. The van der Waals surface area contributed by atoms with Crippen LogP contribution in [0, 0.1) is 0 Å². The Balaban J connectivity index is 0.000000210. The first-order valence-electron chi connectivity index (χ1n) is 38.1. The van der Waals surface area contributed by atoms with Crippen LogP contribution in [0.5, 0.6) is 51.7 Å². The molecule has 35 nitrogen and oxygen atoms in total. The third-order valence-corrected chi connectivity index (χ3v) is 20.2. The zero-order chi connectivity index (χ0) is 86.8. The fraction of sp³-hybridized carbons (Fsp3) is 0.422. The van der Waals surface area contributed by atoms with E-state index in [2.05, 4.69) is 42.8 Å². The van der Waals surface area contributed by atoms with Crippen LogP contribution in [0.4, 0.5) is 17.1 Å². The molecule has 644 valence electrons. The quantitative estimate of drug-likeness (QED) is 0.0116. The summed E-state index contributed by atoms with van der Waals surface area (Å²) in [5.41, 5.74) is 8.82. The summed E-state index contributed by atoms with van der Waals surface area (Å²) in [4.78, 5) is 105. The van der Waals surface area contributed by atoms with Gasteiger partial charge in [0.05, 0.1) is 174 Å². The van der Waals surface area contributed by atoms with Gasteiger partial charge in [0, 0.05) is 112 Å². The van der Waals surface area contributed by atoms with Crippen LogP contribution in [-0.2, 0) is 96.8 Å². The Morgan fingerprint density at radius 3 is 1.02 bits per heavy atom. The average Bonchev–Trinajstić information content (AvgIpc) is 1.56. The fourth-order valence-electron chi connectivity index (χ4n) is 12.9. The predicted octanol–water partition coefficient (Wildman–Crippen LogP) is 9.38. The lowest BCUT2D eigenvalue weighted by atomic mass is 10.1. The number of amides is 3. The molecule has 3 saturated heterocycles. The maximum Gasteiger partial charge on any atom is 0.305 e. The highest BCUT2D eigenvalue weighted by atomic mass is 32.2. The van der Waals surface area contributed by atoms with Gasteiger partial charge >= 0.3 is 17.9 Å². The molecule has 6 aromatic rings. The molecule has 9 heterocycles. The predicted molar refractivity (Wildman–Crippen MR) is 437 cm³/mol. The number of esters is 3. The number of carbonyl (C=O) groups is 6. The maximum absolute atomic E-state index is 13.6. The molecular formula is C83H99N9O26S2. The average molecular weight is 1700 g/mol. The number of carbonyl (C=O) groups excluding carboxylic acids is 6. The Morgan fingerprint density at radius 2 is 0.717 bits per heavy atom. The number of aliphatic hydroxyl groups excluding tert-OH is 2. The van der Waals surface area contributed by atoms with Crippen LogP contribution in [0.25, 0.3) is 0 Å². The van der Waals surface area contributed by atoms with Gasteiger partial charge in [-0.1, -0.05) is 34.9 Å².